The molecule has 0 amide bonds. The van der Waals surface area contributed by atoms with Gasteiger partial charge in [-0.25, -0.2) is 0 Å². The minimum Gasteiger partial charge on any atom is -0.381 e. The molecule has 1 aliphatic carbocycles. The maximum atomic E-state index is 6.41. The molecule has 3 rings (SSSR count). The summed E-state index contributed by atoms with van der Waals surface area (Å²) >= 11 is 6.41. The Balaban J connectivity index is 1.77. The monoisotopic (exact) mass is 297 g/mol. The number of ether oxygens (including phenoxy) is 1. The Kier molecular flexibility index (Phi) is 4.07. The predicted molar refractivity (Wildman–Crippen MR) is 80.2 cm³/mol. The van der Waals surface area contributed by atoms with Crippen molar-refractivity contribution in [3.05, 3.63) is 16.4 Å². The summed E-state index contributed by atoms with van der Waals surface area (Å²) in [5, 5.41) is 8.90. The van der Waals surface area contributed by atoms with Crippen molar-refractivity contribution in [1.82, 2.24) is 15.1 Å². The van der Waals surface area contributed by atoms with Gasteiger partial charge in [0.25, 0.3) is 0 Å². The average Bonchev–Trinajstić information content (AvgIpc) is 3.23. The number of aromatic nitrogens is 2. The zero-order chi connectivity index (χ0) is 14.2. The highest BCUT2D eigenvalue weighted by atomic mass is 35.5. The van der Waals surface area contributed by atoms with Gasteiger partial charge >= 0.3 is 0 Å². The van der Waals surface area contributed by atoms with E-state index in [0.29, 0.717) is 0 Å². The molecular formula is C15H24ClN3O. The van der Waals surface area contributed by atoms with Gasteiger partial charge in [0.1, 0.15) is 5.15 Å². The first-order chi connectivity index (χ1) is 9.60. The van der Waals surface area contributed by atoms with E-state index in [4.69, 9.17) is 16.3 Å². The second-order valence-corrected chi connectivity index (χ2v) is 6.82. The fourth-order valence-electron chi connectivity index (χ4n) is 3.15. The molecule has 2 aliphatic rings. The summed E-state index contributed by atoms with van der Waals surface area (Å²) in [5.41, 5.74) is 2.42. The van der Waals surface area contributed by atoms with Crippen LogP contribution >= 0.6 is 11.6 Å². The largest absolute Gasteiger partial charge is 0.381 e. The van der Waals surface area contributed by atoms with Crippen LogP contribution in [0.25, 0.3) is 0 Å². The van der Waals surface area contributed by atoms with E-state index in [1.54, 1.807) is 4.68 Å². The molecule has 1 unspecified atom stereocenters. The normalized spacial score (nSPS) is 26.9. The van der Waals surface area contributed by atoms with Crippen LogP contribution in [0, 0.1) is 12.3 Å². The zero-order valence-corrected chi connectivity index (χ0v) is 13.2. The Morgan fingerprint density at radius 2 is 2.30 bits per heavy atom. The van der Waals surface area contributed by atoms with Crippen LogP contribution in [-0.2, 0) is 18.2 Å². The molecule has 0 aromatic carbocycles. The molecule has 1 saturated heterocycles. The molecule has 1 N–H and O–H groups in total. The number of hydrogen-bond acceptors (Lipinski definition) is 3. The average molecular weight is 298 g/mol. The van der Waals surface area contributed by atoms with Crippen LogP contribution in [0.1, 0.15) is 36.9 Å². The molecule has 1 atom stereocenters. The van der Waals surface area contributed by atoms with E-state index in [9.17, 15) is 0 Å². The molecule has 0 radical (unpaired) electrons. The van der Waals surface area contributed by atoms with Gasteiger partial charge in [-0.15, -0.1) is 0 Å². The first-order valence-corrected chi connectivity index (χ1v) is 7.97. The Bertz CT molecular complexity index is 476. The molecule has 2 heterocycles. The molecule has 0 spiro atoms. The van der Waals surface area contributed by atoms with E-state index in [2.05, 4.69) is 10.4 Å². The molecule has 1 aromatic rings. The third-order valence-corrected chi connectivity index (χ3v) is 5.04. The van der Waals surface area contributed by atoms with Gasteiger partial charge in [-0.2, -0.15) is 5.10 Å². The lowest BCUT2D eigenvalue weighted by Crippen LogP contribution is -2.43. The topological polar surface area (TPSA) is 39.1 Å². The molecule has 2 fully saturated rings. The van der Waals surface area contributed by atoms with Gasteiger partial charge in [0.2, 0.25) is 0 Å². The van der Waals surface area contributed by atoms with Gasteiger partial charge in [0.05, 0.1) is 12.3 Å². The van der Waals surface area contributed by atoms with Crippen LogP contribution < -0.4 is 5.32 Å². The highest BCUT2D eigenvalue weighted by Crippen LogP contribution is 2.36. The number of hydrogen-bond donors (Lipinski definition) is 1. The molecule has 4 nitrogen and oxygen atoms in total. The van der Waals surface area contributed by atoms with Gasteiger partial charge in [-0.3, -0.25) is 4.68 Å². The van der Waals surface area contributed by atoms with E-state index in [0.717, 1.165) is 49.5 Å². The Hall–Kier alpha value is -0.580. The van der Waals surface area contributed by atoms with Crippen molar-refractivity contribution in [1.29, 1.82) is 0 Å². The lowest BCUT2D eigenvalue weighted by molar-refractivity contribution is -0.00740. The van der Waals surface area contributed by atoms with Crippen LogP contribution in [0.15, 0.2) is 0 Å². The van der Waals surface area contributed by atoms with Crippen molar-refractivity contribution in [2.45, 2.75) is 45.1 Å². The maximum absolute atomic E-state index is 6.41. The van der Waals surface area contributed by atoms with Crippen molar-refractivity contribution in [3.8, 4) is 0 Å². The molecule has 1 saturated carbocycles. The van der Waals surface area contributed by atoms with Crippen molar-refractivity contribution < 1.29 is 4.74 Å². The van der Waals surface area contributed by atoms with Crippen LogP contribution in [0.3, 0.4) is 0 Å². The summed E-state index contributed by atoms with van der Waals surface area (Å²) in [5.74, 6) is 0. The van der Waals surface area contributed by atoms with Crippen molar-refractivity contribution in [2.24, 2.45) is 12.5 Å². The SMILES string of the molecule is Cc1nn(C)c(Cl)c1CC1(CNC2CC2)CCCOC1. The molecule has 20 heavy (non-hydrogen) atoms. The zero-order valence-electron chi connectivity index (χ0n) is 12.4. The minimum absolute atomic E-state index is 0.179. The predicted octanol–water partition coefficient (Wildman–Crippen LogP) is 2.47. The van der Waals surface area contributed by atoms with Gasteiger partial charge in [-0.05, 0) is 39.0 Å². The summed E-state index contributed by atoms with van der Waals surface area (Å²) in [6, 6.07) is 0.735. The number of nitrogens with zero attached hydrogens (tertiary/aromatic N) is 2. The van der Waals surface area contributed by atoms with Crippen LogP contribution in [0.4, 0.5) is 0 Å². The molecule has 1 aliphatic heterocycles. The van der Waals surface area contributed by atoms with Crippen LogP contribution in [0.5, 0.6) is 0 Å². The molecular weight excluding hydrogens is 274 g/mol. The maximum Gasteiger partial charge on any atom is 0.130 e. The van der Waals surface area contributed by atoms with Gasteiger partial charge in [0.15, 0.2) is 0 Å². The second-order valence-electron chi connectivity index (χ2n) is 6.47. The van der Waals surface area contributed by atoms with Gasteiger partial charge < -0.3 is 10.1 Å². The fourth-order valence-corrected chi connectivity index (χ4v) is 3.39. The van der Waals surface area contributed by atoms with Crippen molar-refractivity contribution in [2.75, 3.05) is 19.8 Å². The van der Waals surface area contributed by atoms with E-state index in [-0.39, 0.29) is 5.41 Å². The Labute approximate surface area is 125 Å². The molecule has 1 aromatic heterocycles. The van der Waals surface area contributed by atoms with E-state index in [1.807, 2.05) is 14.0 Å². The standard InChI is InChI=1S/C15H24ClN3O/c1-11-13(14(16)19(2)18-11)8-15(6-3-7-20-10-15)9-17-12-4-5-12/h12,17H,3-10H2,1-2H3. The molecule has 5 heteroatoms. The Morgan fingerprint density at radius 1 is 1.50 bits per heavy atom. The number of aryl methyl sites for hydroxylation is 2. The number of halogens is 1. The van der Waals surface area contributed by atoms with Crippen LogP contribution in [0.2, 0.25) is 5.15 Å². The quantitative estimate of drug-likeness (QED) is 0.907. The van der Waals surface area contributed by atoms with Crippen molar-refractivity contribution >= 4 is 11.6 Å². The van der Waals surface area contributed by atoms with E-state index < -0.39 is 0 Å². The number of nitrogens with one attached hydrogen (secondary N) is 1. The third kappa shape index (κ3) is 3.02. The molecule has 0 bridgehead atoms. The minimum atomic E-state index is 0.179. The lowest BCUT2D eigenvalue weighted by Gasteiger charge is -2.37. The smallest absolute Gasteiger partial charge is 0.130 e. The lowest BCUT2D eigenvalue weighted by atomic mass is 9.77. The summed E-state index contributed by atoms with van der Waals surface area (Å²) in [6.07, 6.45) is 5.96. The van der Waals surface area contributed by atoms with Crippen molar-refractivity contribution in [3.63, 3.8) is 0 Å². The van der Waals surface area contributed by atoms with E-state index >= 15 is 0 Å². The van der Waals surface area contributed by atoms with Gasteiger partial charge in [-0.1, -0.05) is 11.6 Å². The molecule has 112 valence electrons. The number of rotatable bonds is 5. The summed E-state index contributed by atoms with van der Waals surface area (Å²) < 4.78 is 7.56. The second kappa shape index (κ2) is 5.66. The van der Waals surface area contributed by atoms with E-state index in [1.165, 1.54) is 24.8 Å². The Morgan fingerprint density at radius 3 is 2.85 bits per heavy atom. The summed E-state index contributed by atoms with van der Waals surface area (Å²) in [4.78, 5) is 0. The highest BCUT2D eigenvalue weighted by Gasteiger charge is 2.36. The highest BCUT2D eigenvalue weighted by molar-refractivity contribution is 6.30. The van der Waals surface area contributed by atoms with Crippen LogP contribution in [-0.4, -0.2) is 35.6 Å². The third-order valence-electron chi connectivity index (χ3n) is 4.57. The van der Waals surface area contributed by atoms with Gasteiger partial charge in [0, 0.05) is 37.2 Å². The first kappa shape index (κ1) is 14.4. The summed E-state index contributed by atoms with van der Waals surface area (Å²) in [6.45, 7) is 4.80. The fraction of sp³-hybridized carbons (Fsp3) is 0.800. The summed E-state index contributed by atoms with van der Waals surface area (Å²) in [7, 11) is 1.91. The first-order valence-electron chi connectivity index (χ1n) is 7.59.